The zero-order valence-corrected chi connectivity index (χ0v) is 24.1. The fourth-order valence-corrected chi connectivity index (χ4v) is 7.21. The third kappa shape index (κ3) is 6.91. The molecule has 9 nitrogen and oxygen atoms in total. The van der Waals surface area contributed by atoms with Crippen molar-refractivity contribution in [1.29, 1.82) is 0 Å². The summed E-state index contributed by atoms with van der Waals surface area (Å²) in [5, 5.41) is 0. The van der Waals surface area contributed by atoms with Gasteiger partial charge in [0, 0.05) is 24.2 Å². The molecule has 0 N–H and O–H groups in total. The van der Waals surface area contributed by atoms with Gasteiger partial charge in [0.2, 0.25) is 0 Å². The van der Waals surface area contributed by atoms with Crippen LogP contribution in [0.3, 0.4) is 0 Å². The van der Waals surface area contributed by atoms with Crippen molar-refractivity contribution in [3.8, 4) is 0 Å². The number of carbonyl (C=O) groups excluding carboxylic acids is 4. The quantitative estimate of drug-likeness (QED) is 0.248. The minimum Gasteiger partial charge on any atom is -0.465 e. The number of cyclic esters (lactones) is 2. The maximum Gasteiger partial charge on any atom is 0.312 e. The molecule has 250 valence electrons. The van der Waals surface area contributed by atoms with Crippen LogP contribution in [0.15, 0.2) is 0 Å². The molecule has 4 saturated heterocycles. The van der Waals surface area contributed by atoms with Gasteiger partial charge < -0.3 is 23.7 Å². The predicted octanol–water partition coefficient (Wildman–Crippen LogP) is 6.39. The van der Waals surface area contributed by atoms with Crippen molar-refractivity contribution in [3.05, 3.63) is 0 Å². The molecule has 0 aromatic rings. The number of rotatable bonds is 6. The Hall–Kier alpha value is -2.16. The van der Waals surface area contributed by atoms with E-state index < -0.39 is 10.8 Å². The fourth-order valence-electron chi connectivity index (χ4n) is 7.21. The molecule has 43 heavy (non-hydrogen) atoms. The first-order valence-corrected chi connectivity index (χ1v) is 14.8. The van der Waals surface area contributed by atoms with Crippen LogP contribution >= 0.6 is 0 Å². The molecule has 4 bridgehead atoms. The number of hydrogen-bond donors (Lipinski definition) is 0. The molecule has 3 saturated carbocycles. The van der Waals surface area contributed by atoms with E-state index in [9.17, 15) is 19.2 Å². The van der Waals surface area contributed by atoms with E-state index in [1.54, 1.807) is 0 Å². The second kappa shape index (κ2) is 14.3. The number of fused-ring (bicyclic) bond motifs is 7. The van der Waals surface area contributed by atoms with Crippen molar-refractivity contribution in [3.63, 3.8) is 0 Å². The number of carbonyl (C=O) groups is 4. The summed E-state index contributed by atoms with van der Waals surface area (Å²) < 4.78 is 27.5. The van der Waals surface area contributed by atoms with E-state index in [1.807, 2.05) is 41.5 Å². The Labute approximate surface area is 260 Å². The summed E-state index contributed by atoms with van der Waals surface area (Å²) >= 11 is 0. The maximum atomic E-state index is 12.3. The minimum atomic E-state index is -0.469. The van der Waals surface area contributed by atoms with E-state index in [0.717, 1.165) is 32.1 Å². The molecule has 0 aromatic carbocycles. The van der Waals surface area contributed by atoms with E-state index in [4.69, 9.17) is 23.7 Å². The SMILES string of the molecule is C.C.C.C.CCC(C)(C)C(=O)OC1CC2CCC1C1COC(=O)C21.CCC(C)(C)C(=O)OC1CC2OC1C1COC(=O)C21. The maximum absolute atomic E-state index is 12.3. The highest BCUT2D eigenvalue weighted by atomic mass is 16.6. The van der Waals surface area contributed by atoms with E-state index in [1.165, 1.54) is 0 Å². The molecule has 7 aliphatic rings. The molecular weight excluding hydrogens is 552 g/mol. The van der Waals surface area contributed by atoms with Gasteiger partial charge in [-0.1, -0.05) is 43.6 Å². The van der Waals surface area contributed by atoms with Gasteiger partial charge in [-0.25, -0.2) is 0 Å². The summed E-state index contributed by atoms with van der Waals surface area (Å²) in [6.45, 7) is 12.5. The number of hydrogen-bond acceptors (Lipinski definition) is 9. The Bertz CT molecular complexity index is 1000. The normalized spacial score (nSPS) is 36.0. The lowest BCUT2D eigenvalue weighted by Gasteiger charge is -2.47. The highest BCUT2D eigenvalue weighted by Crippen LogP contribution is 2.53. The molecule has 10 atom stereocenters. The molecular formula is C34H60O9. The third-order valence-corrected chi connectivity index (χ3v) is 10.6. The zero-order valence-electron chi connectivity index (χ0n) is 24.1. The Morgan fingerprint density at radius 1 is 0.721 bits per heavy atom. The number of ether oxygens (including phenoxy) is 5. The fraction of sp³-hybridized carbons (Fsp3) is 0.882. The second-order valence-corrected chi connectivity index (χ2v) is 13.6. The Kier molecular flexibility index (Phi) is 12.9. The summed E-state index contributed by atoms with van der Waals surface area (Å²) in [4.78, 5) is 47.8. The van der Waals surface area contributed by atoms with E-state index in [2.05, 4.69) is 0 Å². The van der Waals surface area contributed by atoms with E-state index in [-0.39, 0.29) is 102 Å². The second-order valence-electron chi connectivity index (χ2n) is 13.6. The van der Waals surface area contributed by atoms with Crippen LogP contribution in [0.5, 0.6) is 0 Å². The molecule has 9 heteroatoms. The molecule has 7 fully saturated rings. The van der Waals surface area contributed by atoms with Crippen molar-refractivity contribution in [2.45, 2.75) is 134 Å². The smallest absolute Gasteiger partial charge is 0.312 e. The van der Waals surface area contributed by atoms with Gasteiger partial charge in [-0.05, 0) is 65.7 Å². The zero-order chi connectivity index (χ0) is 28.3. The van der Waals surface area contributed by atoms with Gasteiger partial charge in [0.05, 0.1) is 42.0 Å². The summed E-state index contributed by atoms with van der Waals surface area (Å²) in [6, 6.07) is 0. The van der Waals surface area contributed by atoms with Gasteiger partial charge in [0.1, 0.15) is 18.3 Å². The average molecular weight is 613 g/mol. The monoisotopic (exact) mass is 612 g/mol. The van der Waals surface area contributed by atoms with Crippen molar-refractivity contribution in [2.24, 2.45) is 46.3 Å². The van der Waals surface area contributed by atoms with Crippen molar-refractivity contribution >= 4 is 23.9 Å². The molecule has 4 heterocycles. The lowest BCUT2D eigenvalue weighted by molar-refractivity contribution is -0.174. The minimum absolute atomic E-state index is 0. The number of esters is 4. The van der Waals surface area contributed by atoms with Gasteiger partial charge >= 0.3 is 23.9 Å². The lowest BCUT2D eigenvalue weighted by atomic mass is 9.58. The van der Waals surface area contributed by atoms with Gasteiger partial charge in [0.15, 0.2) is 0 Å². The first-order chi connectivity index (χ1) is 18.4. The molecule has 10 unspecified atom stereocenters. The van der Waals surface area contributed by atoms with Crippen LogP contribution in [-0.2, 0) is 42.9 Å². The van der Waals surface area contributed by atoms with Gasteiger partial charge in [-0.2, -0.15) is 0 Å². The summed E-state index contributed by atoms with van der Waals surface area (Å²) in [6.07, 6.45) is 4.58. The summed E-state index contributed by atoms with van der Waals surface area (Å²) in [5.41, 5.74) is -0.888. The van der Waals surface area contributed by atoms with Crippen LogP contribution in [0, 0.1) is 46.3 Å². The molecule has 0 amide bonds. The Balaban J connectivity index is 0.000000394. The summed E-state index contributed by atoms with van der Waals surface area (Å²) in [7, 11) is 0. The van der Waals surface area contributed by atoms with Gasteiger partial charge in [-0.3, -0.25) is 19.2 Å². The van der Waals surface area contributed by atoms with Crippen LogP contribution in [0.1, 0.15) is 110 Å². The molecule has 0 spiro atoms. The molecule has 7 rings (SSSR count). The first kappa shape index (κ1) is 38.9. The van der Waals surface area contributed by atoms with Crippen LogP contribution in [-0.4, -0.2) is 61.5 Å². The summed E-state index contributed by atoms with van der Waals surface area (Å²) in [5.74, 6) is 0.473. The molecule has 0 radical (unpaired) electrons. The Morgan fingerprint density at radius 3 is 1.79 bits per heavy atom. The van der Waals surface area contributed by atoms with Crippen molar-refractivity contribution in [2.75, 3.05) is 13.2 Å². The topological polar surface area (TPSA) is 114 Å². The lowest BCUT2D eigenvalue weighted by Crippen LogP contribution is -2.50. The van der Waals surface area contributed by atoms with Crippen LogP contribution in [0.4, 0.5) is 0 Å². The van der Waals surface area contributed by atoms with E-state index >= 15 is 0 Å². The first-order valence-electron chi connectivity index (χ1n) is 14.8. The van der Waals surface area contributed by atoms with Gasteiger partial charge in [-0.15, -0.1) is 0 Å². The Morgan fingerprint density at radius 2 is 1.23 bits per heavy atom. The highest BCUT2D eigenvalue weighted by Gasteiger charge is 2.62. The van der Waals surface area contributed by atoms with E-state index in [0.29, 0.717) is 31.5 Å². The van der Waals surface area contributed by atoms with Crippen LogP contribution in [0.25, 0.3) is 0 Å². The third-order valence-electron chi connectivity index (χ3n) is 10.6. The largest absolute Gasteiger partial charge is 0.465 e. The van der Waals surface area contributed by atoms with Crippen LogP contribution in [0.2, 0.25) is 0 Å². The molecule has 0 aromatic heterocycles. The standard InChI is InChI=1S/C16H24O4.C14H20O5.4CH4/c1-4-16(2,3)15(18)20-12-7-9-5-6-10(12)11-8-19-14(17)13(9)11;1-4-14(2,3)13(16)19-9-5-8-10-7(11(9)18-8)6-17-12(10)15;;;;/h9-13H,4-8H2,1-3H3;7-11H,4-6H2,1-3H3;4*1H4. The molecule has 4 aliphatic heterocycles. The van der Waals surface area contributed by atoms with Crippen LogP contribution < -0.4 is 0 Å². The van der Waals surface area contributed by atoms with Gasteiger partial charge in [0.25, 0.3) is 0 Å². The average Bonchev–Trinajstić information content (AvgIpc) is 3.68. The highest BCUT2D eigenvalue weighted by molar-refractivity contribution is 5.78. The molecule has 3 aliphatic carbocycles. The van der Waals surface area contributed by atoms with Crippen molar-refractivity contribution in [1.82, 2.24) is 0 Å². The van der Waals surface area contributed by atoms with Crippen molar-refractivity contribution < 1.29 is 42.9 Å². The predicted molar refractivity (Wildman–Crippen MR) is 165 cm³/mol.